The molecule has 1 N–H and O–H groups in total. The molecular formula is C16H10ClF4N3O3. The van der Waals surface area contributed by atoms with Crippen molar-refractivity contribution in [3.8, 4) is 11.5 Å². The molecule has 0 amide bonds. The van der Waals surface area contributed by atoms with Crippen molar-refractivity contribution in [1.29, 1.82) is 0 Å². The fourth-order valence-electron chi connectivity index (χ4n) is 2.31. The lowest BCUT2D eigenvalue weighted by Crippen LogP contribution is -2.16. The Balaban J connectivity index is 2.00. The molecule has 3 aromatic rings. The first-order chi connectivity index (χ1) is 12.6. The van der Waals surface area contributed by atoms with Crippen LogP contribution in [-0.4, -0.2) is 26.1 Å². The maximum absolute atomic E-state index is 14.1. The van der Waals surface area contributed by atoms with Gasteiger partial charge >= 0.3 is 12.1 Å². The number of aliphatic carboxylic acids is 1. The Morgan fingerprint density at radius 1 is 1.30 bits per heavy atom. The standard InChI is InChI=1S/C16H10ClF4N3O3/c1-7(15(25)26)24-13-6-9(2-3-12(13)22-23-24)27-14-10(17)4-8(5-11(14)18)16(19,20)21/h2-7H,1H3,(H,25,26). The summed E-state index contributed by atoms with van der Waals surface area (Å²) in [5.41, 5.74) is -0.606. The number of hydrogen-bond donors (Lipinski definition) is 1. The number of carbonyl (C=O) groups is 1. The second kappa shape index (κ2) is 6.69. The zero-order valence-electron chi connectivity index (χ0n) is 13.5. The van der Waals surface area contributed by atoms with Crippen LogP contribution in [0.4, 0.5) is 17.6 Å². The molecule has 0 bridgehead atoms. The van der Waals surface area contributed by atoms with Gasteiger partial charge in [-0.25, -0.2) is 13.9 Å². The van der Waals surface area contributed by atoms with Gasteiger partial charge in [0.2, 0.25) is 0 Å². The highest BCUT2D eigenvalue weighted by Crippen LogP contribution is 2.39. The Labute approximate surface area is 153 Å². The Morgan fingerprint density at radius 3 is 2.59 bits per heavy atom. The van der Waals surface area contributed by atoms with Crippen LogP contribution >= 0.6 is 11.6 Å². The number of fused-ring (bicyclic) bond motifs is 1. The molecule has 0 aliphatic rings. The topological polar surface area (TPSA) is 77.2 Å². The zero-order chi connectivity index (χ0) is 19.9. The summed E-state index contributed by atoms with van der Waals surface area (Å²) in [5.74, 6) is -3.01. The van der Waals surface area contributed by atoms with Gasteiger partial charge in [0, 0.05) is 6.07 Å². The number of rotatable bonds is 4. The fraction of sp³-hybridized carbons (Fsp3) is 0.188. The summed E-state index contributed by atoms with van der Waals surface area (Å²) in [6.07, 6.45) is -4.76. The third kappa shape index (κ3) is 3.65. The number of hydrogen-bond acceptors (Lipinski definition) is 4. The van der Waals surface area contributed by atoms with Crippen molar-refractivity contribution < 1.29 is 32.2 Å². The number of aromatic nitrogens is 3. The number of halogens is 5. The van der Waals surface area contributed by atoms with Crippen LogP contribution in [0.2, 0.25) is 5.02 Å². The van der Waals surface area contributed by atoms with E-state index in [1.165, 1.54) is 25.1 Å². The number of benzene rings is 2. The Bertz CT molecular complexity index is 1010. The van der Waals surface area contributed by atoms with Gasteiger partial charge < -0.3 is 9.84 Å². The van der Waals surface area contributed by atoms with Gasteiger partial charge in [-0.15, -0.1) is 5.10 Å². The molecule has 27 heavy (non-hydrogen) atoms. The average molecular weight is 404 g/mol. The molecule has 2 aromatic carbocycles. The highest BCUT2D eigenvalue weighted by atomic mass is 35.5. The number of nitrogens with zero attached hydrogens (tertiary/aromatic N) is 3. The smallest absolute Gasteiger partial charge is 0.416 e. The predicted octanol–water partition coefficient (Wildman–Crippen LogP) is 4.68. The molecule has 11 heteroatoms. The van der Waals surface area contributed by atoms with E-state index in [0.29, 0.717) is 11.6 Å². The van der Waals surface area contributed by atoms with Crippen LogP contribution in [0.15, 0.2) is 30.3 Å². The molecule has 1 unspecified atom stereocenters. The third-order valence-corrected chi connectivity index (χ3v) is 3.99. The van der Waals surface area contributed by atoms with Crippen molar-refractivity contribution in [3.05, 3.63) is 46.7 Å². The zero-order valence-corrected chi connectivity index (χ0v) is 14.2. The maximum atomic E-state index is 14.1. The van der Waals surface area contributed by atoms with Crippen molar-refractivity contribution >= 4 is 28.6 Å². The number of ether oxygens (including phenoxy) is 1. The molecule has 0 saturated heterocycles. The van der Waals surface area contributed by atoms with Gasteiger partial charge in [-0.2, -0.15) is 13.2 Å². The number of alkyl halides is 3. The van der Waals surface area contributed by atoms with Gasteiger partial charge in [0.15, 0.2) is 11.6 Å². The quantitative estimate of drug-likeness (QED) is 0.640. The molecule has 1 heterocycles. The fourth-order valence-corrected chi connectivity index (χ4v) is 2.56. The van der Waals surface area contributed by atoms with Crippen molar-refractivity contribution in [2.75, 3.05) is 0 Å². The molecular weight excluding hydrogens is 394 g/mol. The summed E-state index contributed by atoms with van der Waals surface area (Å²) in [6.45, 7) is 1.39. The summed E-state index contributed by atoms with van der Waals surface area (Å²) in [5, 5.41) is 16.1. The molecule has 0 aliphatic heterocycles. The van der Waals surface area contributed by atoms with Crippen molar-refractivity contribution in [2.45, 2.75) is 19.1 Å². The first-order valence-corrected chi connectivity index (χ1v) is 7.77. The molecule has 1 aromatic heterocycles. The average Bonchev–Trinajstić information content (AvgIpc) is 2.99. The van der Waals surface area contributed by atoms with E-state index in [-0.39, 0.29) is 17.3 Å². The van der Waals surface area contributed by atoms with Crippen molar-refractivity contribution in [1.82, 2.24) is 15.0 Å². The second-order valence-electron chi connectivity index (χ2n) is 5.57. The van der Waals surface area contributed by atoms with Gasteiger partial charge in [0.1, 0.15) is 17.3 Å². The van der Waals surface area contributed by atoms with Gasteiger partial charge in [0.05, 0.1) is 16.1 Å². The van der Waals surface area contributed by atoms with Crippen LogP contribution < -0.4 is 4.74 Å². The lowest BCUT2D eigenvalue weighted by atomic mass is 10.2. The minimum absolute atomic E-state index is 0.0178. The molecule has 0 fully saturated rings. The molecule has 0 aliphatic carbocycles. The molecule has 3 rings (SSSR count). The summed E-state index contributed by atoms with van der Waals surface area (Å²) in [6, 6.07) is 3.95. The molecule has 0 radical (unpaired) electrons. The summed E-state index contributed by atoms with van der Waals surface area (Å²) < 4.78 is 58.6. The predicted molar refractivity (Wildman–Crippen MR) is 86.4 cm³/mol. The van der Waals surface area contributed by atoms with E-state index in [1.54, 1.807) is 0 Å². The monoisotopic (exact) mass is 403 g/mol. The van der Waals surface area contributed by atoms with Gasteiger partial charge in [0.25, 0.3) is 0 Å². The molecule has 142 valence electrons. The third-order valence-electron chi connectivity index (χ3n) is 3.71. The van der Waals surface area contributed by atoms with Crippen LogP contribution in [0, 0.1) is 5.82 Å². The summed E-state index contributed by atoms with van der Waals surface area (Å²) in [7, 11) is 0. The van der Waals surface area contributed by atoms with E-state index >= 15 is 0 Å². The molecule has 0 saturated carbocycles. The largest absolute Gasteiger partial charge is 0.480 e. The van der Waals surface area contributed by atoms with Crippen LogP contribution in [0.3, 0.4) is 0 Å². The van der Waals surface area contributed by atoms with Crippen molar-refractivity contribution in [2.24, 2.45) is 0 Å². The Hall–Kier alpha value is -2.88. The normalized spacial score (nSPS) is 13.0. The SMILES string of the molecule is CC(C(=O)O)n1nnc2ccc(Oc3c(F)cc(C(F)(F)F)cc3Cl)cc21. The van der Waals surface area contributed by atoms with E-state index in [4.69, 9.17) is 21.4 Å². The van der Waals surface area contributed by atoms with Gasteiger partial charge in [-0.3, -0.25) is 0 Å². The van der Waals surface area contributed by atoms with E-state index in [1.807, 2.05) is 0 Å². The van der Waals surface area contributed by atoms with E-state index in [2.05, 4.69) is 10.3 Å². The van der Waals surface area contributed by atoms with E-state index in [9.17, 15) is 22.4 Å². The Morgan fingerprint density at radius 2 is 2.00 bits per heavy atom. The van der Waals surface area contributed by atoms with E-state index in [0.717, 1.165) is 4.68 Å². The highest BCUT2D eigenvalue weighted by Gasteiger charge is 2.32. The first kappa shape index (κ1) is 18.9. The molecule has 0 spiro atoms. The Kier molecular flexibility index (Phi) is 4.68. The van der Waals surface area contributed by atoms with Crippen LogP contribution in [-0.2, 0) is 11.0 Å². The minimum Gasteiger partial charge on any atom is -0.480 e. The molecule has 1 atom stereocenters. The van der Waals surface area contributed by atoms with Gasteiger partial charge in [-0.1, -0.05) is 16.8 Å². The highest BCUT2D eigenvalue weighted by molar-refractivity contribution is 6.32. The van der Waals surface area contributed by atoms with E-state index < -0.39 is 40.3 Å². The van der Waals surface area contributed by atoms with Crippen LogP contribution in [0.1, 0.15) is 18.5 Å². The summed E-state index contributed by atoms with van der Waals surface area (Å²) in [4.78, 5) is 11.1. The summed E-state index contributed by atoms with van der Waals surface area (Å²) >= 11 is 5.74. The number of carboxylic acids is 1. The lowest BCUT2D eigenvalue weighted by molar-refractivity contribution is -0.140. The first-order valence-electron chi connectivity index (χ1n) is 7.40. The van der Waals surface area contributed by atoms with Crippen LogP contribution in [0.25, 0.3) is 11.0 Å². The van der Waals surface area contributed by atoms with Gasteiger partial charge in [-0.05, 0) is 31.2 Å². The minimum atomic E-state index is -4.76. The van der Waals surface area contributed by atoms with Crippen molar-refractivity contribution in [3.63, 3.8) is 0 Å². The molecule has 6 nitrogen and oxygen atoms in total. The van der Waals surface area contributed by atoms with Crippen LogP contribution in [0.5, 0.6) is 11.5 Å². The number of carboxylic acid groups (broad SMARTS) is 1. The second-order valence-corrected chi connectivity index (χ2v) is 5.97. The lowest BCUT2D eigenvalue weighted by Gasteiger charge is -2.13. The maximum Gasteiger partial charge on any atom is 0.416 e.